The van der Waals surface area contributed by atoms with E-state index in [2.05, 4.69) is 52.1 Å². The minimum Gasteiger partial charge on any atom is -0.333 e. The Kier molecular flexibility index (Phi) is 10.4. The van der Waals surface area contributed by atoms with E-state index in [1.54, 1.807) is 0 Å². The molecular weight excluding hydrogens is 256 g/mol. The molecule has 1 saturated heterocycles. The summed E-state index contributed by atoms with van der Waals surface area (Å²) in [6.45, 7) is 16.3. The molecule has 0 radical (unpaired) electrons. The number of carbonyl (C=O) groups is 1. The second-order valence-electron chi connectivity index (χ2n) is 5.59. The van der Waals surface area contributed by atoms with E-state index in [9.17, 15) is 4.79 Å². The number of nitrogens with zero attached hydrogens (tertiary/aromatic N) is 2. The third-order valence-corrected chi connectivity index (χ3v) is 4.11. The van der Waals surface area contributed by atoms with E-state index in [-0.39, 0.29) is 5.24 Å². The minimum absolute atomic E-state index is 0.0735. The largest absolute Gasteiger partial charge is 0.333 e. The molecule has 1 rings (SSSR count). The van der Waals surface area contributed by atoms with Crippen molar-refractivity contribution in [1.82, 2.24) is 9.80 Å². The van der Waals surface area contributed by atoms with Gasteiger partial charge in [-0.2, -0.15) is 0 Å². The summed E-state index contributed by atoms with van der Waals surface area (Å²) >= 11 is 3.86. The van der Waals surface area contributed by atoms with Gasteiger partial charge in [-0.05, 0) is 44.3 Å². The van der Waals surface area contributed by atoms with Crippen LogP contribution in [0.5, 0.6) is 0 Å². The lowest BCUT2D eigenvalue weighted by Crippen LogP contribution is -2.31. The Balaban J connectivity index is 0.000000399. The monoisotopic (exact) mass is 288 g/mol. The molecule has 2 unspecified atom stereocenters. The molecule has 1 aliphatic rings. The number of hydrogen-bond donors (Lipinski definition) is 1. The van der Waals surface area contributed by atoms with Gasteiger partial charge in [-0.25, -0.2) is 0 Å². The van der Waals surface area contributed by atoms with Gasteiger partial charge in [0.1, 0.15) is 0 Å². The fraction of sp³-hybridized carbons (Fsp3) is 0.933. The van der Waals surface area contributed by atoms with Crippen LogP contribution in [-0.2, 0) is 0 Å². The number of rotatable bonds is 3. The zero-order chi connectivity index (χ0) is 14.8. The van der Waals surface area contributed by atoms with Gasteiger partial charge in [0.15, 0.2) is 0 Å². The first-order valence-corrected chi connectivity index (χ1v) is 8.09. The van der Waals surface area contributed by atoms with Crippen LogP contribution in [0.25, 0.3) is 0 Å². The Morgan fingerprint density at radius 3 is 1.63 bits per heavy atom. The highest BCUT2D eigenvalue weighted by atomic mass is 32.1. The van der Waals surface area contributed by atoms with Gasteiger partial charge in [-0.1, -0.05) is 47.2 Å². The molecule has 3 nitrogen and oxygen atoms in total. The Hall–Kier alpha value is -0.220. The maximum absolute atomic E-state index is 11.0. The molecule has 114 valence electrons. The molecule has 4 heteroatoms. The summed E-state index contributed by atoms with van der Waals surface area (Å²) in [6.07, 6.45) is 2.47. The topological polar surface area (TPSA) is 23.6 Å². The van der Waals surface area contributed by atoms with E-state index in [4.69, 9.17) is 0 Å². The number of thiol groups is 1. The highest BCUT2D eigenvalue weighted by molar-refractivity contribution is 7.96. The first kappa shape index (κ1) is 18.8. The number of amides is 1. The average Bonchev–Trinajstić information content (AvgIpc) is 2.54. The lowest BCUT2D eigenvalue weighted by Gasteiger charge is -2.21. The lowest BCUT2D eigenvalue weighted by atomic mass is 10.0. The van der Waals surface area contributed by atoms with Gasteiger partial charge < -0.3 is 9.80 Å². The van der Waals surface area contributed by atoms with Crippen molar-refractivity contribution in [2.45, 2.75) is 47.5 Å². The normalized spacial score (nSPS) is 23.6. The molecule has 0 saturated carbocycles. The van der Waals surface area contributed by atoms with E-state index in [1.807, 2.05) is 4.90 Å². The van der Waals surface area contributed by atoms with E-state index in [0.29, 0.717) is 11.8 Å². The third kappa shape index (κ3) is 8.53. The zero-order valence-corrected chi connectivity index (χ0v) is 14.2. The van der Waals surface area contributed by atoms with Crippen molar-refractivity contribution in [3.8, 4) is 0 Å². The molecule has 0 aromatic carbocycles. The van der Waals surface area contributed by atoms with Crippen LogP contribution >= 0.6 is 12.6 Å². The van der Waals surface area contributed by atoms with Crippen LogP contribution in [0.15, 0.2) is 0 Å². The van der Waals surface area contributed by atoms with Gasteiger partial charge in [0.05, 0.1) is 0 Å². The first-order valence-electron chi connectivity index (χ1n) is 7.64. The van der Waals surface area contributed by atoms with Crippen molar-refractivity contribution in [2.24, 2.45) is 11.8 Å². The molecule has 0 aromatic rings. The SMILES string of the molecule is CC1CCC(C)CN(C(=O)S)C1.CCN(CC)CC. The van der Waals surface area contributed by atoms with Gasteiger partial charge in [-0.3, -0.25) is 4.79 Å². The van der Waals surface area contributed by atoms with Crippen molar-refractivity contribution < 1.29 is 4.79 Å². The van der Waals surface area contributed by atoms with Crippen LogP contribution in [0.1, 0.15) is 47.5 Å². The van der Waals surface area contributed by atoms with E-state index >= 15 is 0 Å². The number of carbonyl (C=O) groups excluding carboxylic acids is 1. The average molecular weight is 289 g/mol. The Labute approximate surface area is 125 Å². The van der Waals surface area contributed by atoms with Gasteiger partial charge in [0.2, 0.25) is 0 Å². The molecule has 1 aliphatic heterocycles. The first-order chi connectivity index (χ1) is 8.94. The van der Waals surface area contributed by atoms with Crippen LogP contribution in [-0.4, -0.2) is 47.8 Å². The molecular formula is C15H32N2OS. The quantitative estimate of drug-likeness (QED) is 0.800. The summed E-state index contributed by atoms with van der Waals surface area (Å²) in [5, 5.41) is -0.0735. The van der Waals surface area contributed by atoms with Crippen LogP contribution in [0.3, 0.4) is 0 Å². The minimum atomic E-state index is -0.0735. The molecule has 1 fully saturated rings. The van der Waals surface area contributed by atoms with Crippen LogP contribution in [0, 0.1) is 11.8 Å². The fourth-order valence-corrected chi connectivity index (χ4v) is 2.57. The number of likely N-dealkylation sites (tertiary alicyclic amines) is 1. The van der Waals surface area contributed by atoms with E-state index in [0.717, 1.165) is 13.1 Å². The van der Waals surface area contributed by atoms with Gasteiger partial charge >= 0.3 is 0 Å². The summed E-state index contributed by atoms with van der Waals surface area (Å²) in [5.41, 5.74) is 0. The van der Waals surface area contributed by atoms with Crippen molar-refractivity contribution in [1.29, 1.82) is 0 Å². The highest BCUT2D eigenvalue weighted by Crippen LogP contribution is 2.20. The van der Waals surface area contributed by atoms with Crippen LogP contribution in [0.2, 0.25) is 0 Å². The van der Waals surface area contributed by atoms with Crippen molar-refractivity contribution >= 4 is 17.9 Å². The molecule has 0 spiro atoms. The Bertz CT molecular complexity index is 227. The van der Waals surface area contributed by atoms with E-state index < -0.39 is 0 Å². The summed E-state index contributed by atoms with van der Waals surface area (Å²) in [7, 11) is 0. The molecule has 2 atom stereocenters. The van der Waals surface area contributed by atoms with Crippen molar-refractivity contribution in [3.63, 3.8) is 0 Å². The molecule has 19 heavy (non-hydrogen) atoms. The highest BCUT2D eigenvalue weighted by Gasteiger charge is 2.20. The van der Waals surface area contributed by atoms with E-state index in [1.165, 1.54) is 32.5 Å². The molecule has 0 N–H and O–H groups in total. The second kappa shape index (κ2) is 10.6. The molecule has 1 heterocycles. The van der Waals surface area contributed by atoms with Crippen LogP contribution < -0.4 is 0 Å². The van der Waals surface area contributed by atoms with Gasteiger partial charge in [0, 0.05) is 13.1 Å². The predicted octanol–water partition coefficient (Wildman–Crippen LogP) is 3.75. The Morgan fingerprint density at radius 1 is 1.05 bits per heavy atom. The maximum atomic E-state index is 11.0. The predicted molar refractivity (Wildman–Crippen MR) is 87.0 cm³/mol. The van der Waals surface area contributed by atoms with Crippen LogP contribution in [0.4, 0.5) is 4.79 Å². The molecule has 1 amide bonds. The smallest absolute Gasteiger partial charge is 0.278 e. The summed E-state index contributed by atoms with van der Waals surface area (Å²) in [5.74, 6) is 1.26. The zero-order valence-electron chi connectivity index (χ0n) is 13.4. The summed E-state index contributed by atoms with van der Waals surface area (Å²) in [4.78, 5) is 15.3. The maximum Gasteiger partial charge on any atom is 0.278 e. The Morgan fingerprint density at radius 2 is 1.42 bits per heavy atom. The van der Waals surface area contributed by atoms with Gasteiger partial charge in [0.25, 0.3) is 5.24 Å². The van der Waals surface area contributed by atoms with Crippen molar-refractivity contribution in [3.05, 3.63) is 0 Å². The number of hydrogen-bond acceptors (Lipinski definition) is 2. The van der Waals surface area contributed by atoms with Crippen molar-refractivity contribution in [2.75, 3.05) is 32.7 Å². The molecule has 0 aliphatic carbocycles. The molecule has 0 bridgehead atoms. The third-order valence-electron chi connectivity index (χ3n) is 3.83. The second-order valence-corrected chi connectivity index (χ2v) is 5.98. The fourth-order valence-electron chi connectivity index (χ4n) is 2.41. The molecule has 0 aromatic heterocycles. The lowest BCUT2D eigenvalue weighted by molar-refractivity contribution is 0.214. The summed E-state index contributed by atoms with van der Waals surface area (Å²) in [6, 6.07) is 0. The summed E-state index contributed by atoms with van der Waals surface area (Å²) < 4.78 is 0. The standard InChI is InChI=1S/C9H17NOS.C6H15N/c1-7-3-4-8(2)6-10(5-7)9(11)12;1-4-7(5-2)6-3/h7-8H,3-6H2,1-2H3,(H,11,12);4-6H2,1-3H3. The van der Waals surface area contributed by atoms with Gasteiger partial charge in [-0.15, -0.1) is 0 Å².